The van der Waals surface area contributed by atoms with Gasteiger partial charge in [-0.2, -0.15) is 0 Å². The Hall–Kier alpha value is -1.22. The summed E-state index contributed by atoms with van der Waals surface area (Å²) in [5.74, 6) is 0.481. The fourth-order valence-electron chi connectivity index (χ4n) is 1.59. The first-order valence-electron chi connectivity index (χ1n) is 5.53. The zero-order valence-electron chi connectivity index (χ0n) is 10.5. The van der Waals surface area contributed by atoms with Gasteiger partial charge in [-0.15, -0.1) is 11.3 Å². The fraction of sp³-hybridized carbons (Fsp3) is 0.364. The SMILES string of the molecule is Cc1csc(CNS(=O)(=O)c2cc(CO)oc2C)n1. The van der Waals surface area contributed by atoms with Crippen molar-refractivity contribution in [3.05, 3.63) is 33.7 Å². The number of hydrogen-bond donors (Lipinski definition) is 2. The lowest BCUT2D eigenvalue weighted by Crippen LogP contribution is -2.23. The van der Waals surface area contributed by atoms with Gasteiger partial charge in [0.25, 0.3) is 0 Å². The van der Waals surface area contributed by atoms with Gasteiger partial charge in [0, 0.05) is 17.1 Å². The van der Waals surface area contributed by atoms with Gasteiger partial charge in [-0.1, -0.05) is 0 Å². The van der Waals surface area contributed by atoms with Gasteiger partial charge in [0.1, 0.15) is 28.0 Å². The van der Waals surface area contributed by atoms with Crippen LogP contribution >= 0.6 is 11.3 Å². The maximum absolute atomic E-state index is 12.1. The molecule has 0 bridgehead atoms. The lowest BCUT2D eigenvalue weighted by molar-refractivity contribution is 0.244. The second-order valence-corrected chi connectivity index (χ2v) is 6.68. The second kappa shape index (κ2) is 5.41. The van der Waals surface area contributed by atoms with E-state index in [1.807, 2.05) is 12.3 Å². The van der Waals surface area contributed by atoms with E-state index >= 15 is 0 Å². The predicted molar refractivity (Wildman–Crippen MR) is 70.2 cm³/mol. The molecule has 0 unspecified atom stereocenters. The average Bonchev–Trinajstić information content (AvgIpc) is 2.93. The lowest BCUT2D eigenvalue weighted by Gasteiger charge is -2.03. The summed E-state index contributed by atoms with van der Waals surface area (Å²) in [4.78, 5) is 4.23. The number of aryl methyl sites for hydroxylation is 2. The molecule has 0 aromatic carbocycles. The maximum Gasteiger partial charge on any atom is 0.244 e. The number of sulfonamides is 1. The van der Waals surface area contributed by atoms with Crippen LogP contribution in [0, 0.1) is 13.8 Å². The van der Waals surface area contributed by atoms with Crippen molar-refractivity contribution in [2.24, 2.45) is 0 Å². The molecule has 0 fully saturated rings. The molecule has 0 spiro atoms. The molecule has 104 valence electrons. The molecule has 2 heterocycles. The molecule has 2 aromatic heterocycles. The summed E-state index contributed by atoms with van der Waals surface area (Å²) >= 11 is 1.40. The first kappa shape index (κ1) is 14.2. The number of aliphatic hydroxyl groups excluding tert-OH is 1. The van der Waals surface area contributed by atoms with Crippen LogP contribution in [0.15, 0.2) is 20.8 Å². The highest BCUT2D eigenvalue weighted by atomic mass is 32.2. The maximum atomic E-state index is 12.1. The average molecular weight is 302 g/mol. The molecule has 0 saturated carbocycles. The van der Waals surface area contributed by atoms with E-state index in [-0.39, 0.29) is 29.6 Å². The minimum Gasteiger partial charge on any atom is -0.462 e. The van der Waals surface area contributed by atoms with Gasteiger partial charge in [-0.05, 0) is 13.8 Å². The van der Waals surface area contributed by atoms with Crippen LogP contribution in [0.2, 0.25) is 0 Å². The zero-order valence-corrected chi connectivity index (χ0v) is 12.1. The molecular formula is C11H14N2O4S2. The highest BCUT2D eigenvalue weighted by molar-refractivity contribution is 7.89. The first-order chi connectivity index (χ1) is 8.92. The minimum absolute atomic E-state index is 0.0461. The summed E-state index contributed by atoms with van der Waals surface area (Å²) in [6.45, 7) is 3.20. The van der Waals surface area contributed by atoms with Gasteiger partial charge < -0.3 is 9.52 Å². The summed E-state index contributed by atoms with van der Waals surface area (Å²) < 4.78 is 31.8. The van der Waals surface area contributed by atoms with Crippen molar-refractivity contribution in [2.45, 2.75) is 31.9 Å². The van der Waals surface area contributed by atoms with Crippen LogP contribution in [-0.2, 0) is 23.2 Å². The van der Waals surface area contributed by atoms with Crippen LogP contribution in [0.5, 0.6) is 0 Å². The quantitative estimate of drug-likeness (QED) is 0.869. The molecule has 0 aliphatic heterocycles. The van der Waals surface area contributed by atoms with E-state index < -0.39 is 10.0 Å². The Morgan fingerprint density at radius 2 is 2.21 bits per heavy atom. The number of thiazole rings is 1. The van der Waals surface area contributed by atoms with Crippen molar-refractivity contribution >= 4 is 21.4 Å². The molecule has 0 amide bonds. The van der Waals surface area contributed by atoms with Gasteiger partial charge >= 0.3 is 0 Å². The van der Waals surface area contributed by atoms with Crippen LogP contribution in [-0.4, -0.2) is 18.5 Å². The highest BCUT2D eigenvalue weighted by Crippen LogP contribution is 2.20. The molecule has 0 aliphatic carbocycles. The number of aliphatic hydroxyl groups is 1. The molecule has 0 aliphatic rings. The number of nitrogens with zero attached hydrogens (tertiary/aromatic N) is 1. The molecule has 2 rings (SSSR count). The molecule has 0 atom stereocenters. The van der Waals surface area contributed by atoms with E-state index in [9.17, 15) is 8.42 Å². The molecule has 0 radical (unpaired) electrons. The van der Waals surface area contributed by atoms with E-state index in [0.717, 1.165) is 5.69 Å². The third kappa shape index (κ3) is 3.21. The monoisotopic (exact) mass is 302 g/mol. The van der Waals surface area contributed by atoms with Crippen molar-refractivity contribution in [1.29, 1.82) is 0 Å². The van der Waals surface area contributed by atoms with Crippen LogP contribution < -0.4 is 4.72 Å². The highest BCUT2D eigenvalue weighted by Gasteiger charge is 2.21. The molecular weight excluding hydrogens is 288 g/mol. The van der Waals surface area contributed by atoms with Gasteiger partial charge in [0.2, 0.25) is 10.0 Å². The van der Waals surface area contributed by atoms with Crippen LogP contribution in [0.25, 0.3) is 0 Å². The number of hydrogen-bond acceptors (Lipinski definition) is 6. The Balaban J connectivity index is 2.15. The third-order valence-electron chi connectivity index (χ3n) is 2.45. The largest absolute Gasteiger partial charge is 0.462 e. The van der Waals surface area contributed by atoms with Crippen molar-refractivity contribution in [3.63, 3.8) is 0 Å². The normalized spacial score (nSPS) is 11.9. The van der Waals surface area contributed by atoms with Gasteiger partial charge in [-0.25, -0.2) is 18.1 Å². The minimum atomic E-state index is -3.66. The van der Waals surface area contributed by atoms with E-state index in [1.165, 1.54) is 17.4 Å². The van der Waals surface area contributed by atoms with Crippen molar-refractivity contribution < 1.29 is 17.9 Å². The summed E-state index contributed by atoms with van der Waals surface area (Å²) in [5, 5.41) is 11.5. The zero-order chi connectivity index (χ0) is 14.0. The smallest absolute Gasteiger partial charge is 0.244 e. The molecule has 6 nitrogen and oxygen atoms in total. The number of rotatable bonds is 5. The molecule has 19 heavy (non-hydrogen) atoms. The van der Waals surface area contributed by atoms with Crippen LogP contribution in [0.1, 0.15) is 22.2 Å². The predicted octanol–water partition coefficient (Wildman–Crippen LogP) is 1.32. The van der Waals surface area contributed by atoms with E-state index in [4.69, 9.17) is 9.52 Å². The van der Waals surface area contributed by atoms with Gasteiger partial charge in [0.15, 0.2) is 0 Å². The lowest BCUT2D eigenvalue weighted by atomic mass is 10.4. The molecule has 0 saturated heterocycles. The summed E-state index contributed by atoms with van der Waals surface area (Å²) in [6.07, 6.45) is 0. The topological polar surface area (TPSA) is 92.4 Å². The number of furan rings is 1. The fourth-order valence-corrected chi connectivity index (χ4v) is 3.58. The second-order valence-electron chi connectivity index (χ2n) is 4.00. The van der Waals surface area contributed by atoms with Gasteiger partial charge in [0.05, 0.1) is 6.54 Å². The number of nitrogens with one attached hydrogen (secondary N) is 1. The Morgan fingerprint density at radius 1 is 1.47 bits per heavy atom. The van der Waals surface area contributed by atoms with Crippen LogP contribution in [0.3, 0.4) is 0 Å². The third-order valence-corrected chi connectivity index (χ3v) is 4.92. The van der Waals surface area contributed by atoms with E-state index in [2.05, 4.69) is 9.71 Å². The summed E-state index contributed by atoms with van der Waals surface area (Å²) in [6, 6.07) is 1.32. The van der Waals surface area contributed by atoms with Crippen molar-refractivity contribution in [2.75, 3.05) is 0 Å². The molecule has 2 aromatic rings. The van der Waals surface area contributed by atoms with Crippen molar-refractivity contribution in [1.82, 2.24) is 9.71 Å². The van der Waals surface area contributed by atoms with E-state index in [1.54, 1.807) is 6.92 Å². The Morgan fingerprint density at radius 3 is 2.74 bits per heavy atom. The number of aromatic nitrogens is 1. The Bertz CT molecular complexity index is 673. The molecule has 2 N–H and O–H groups in total. The summed E-state index contributed by atoms with van der Waals surface area (Å²) in [5.41, 5.74) is 0.862. The Labute approximate surface area is 115 Å². The molecule has 8 heteroatoms. The first-order valence-corrected chi connectivity index (χ1v) is 7.89. The van der Waals surface area contributed by atoms with Crippen LogP contribution in [0.4, 0.5) is 0 Å². The van der Waals surface area contributed by atoms with E-state index in [0.29, 0.717) is 5.01 Å². The van der Waals surface area contributed by atoms with Crippen molar-refractivity contribution in [3.8, 4) is 0 Å². The summed E-state index contributed by atoms with van der Waals surface area (Å²) in [7, 11) is -3.66. The standard InChI is InChI=1S/C11H14N2O4S2/c1-7-6-18-11(13-7)4-12-19(15,16)10-3-9(5-14)17-8(10)2/h3,6,12,14H,4-5H2,1-2H3. The van der Waals surface area contributed by atoms with Gasteiger partial charge in [-0.3, -0.25) is 0 Å². The Kier molecular flexibility index (Phi) is 4.04.